The summed E-state index contributed by atoms with van der Waals surface area (Å²) >= 11 is 0. The van der Waals surface area contributed by atoms with E-state index in [1.54, 1.807) is 0 Å². The Balaban J connectivity index is 1.18. The molecule has 0 amide bonds. The van der Waals surface area contributed by atoms with E-state index in [1.165, 1.54) is 24.8 Å². The number of carbonyl (C=O) groups is 1. The van der Waals surface area contributed by atoms with E-state index in [4.69, 9.17) is 4.74 Å². The van der Waals surface area contributed by atoms with Gasteiger partial charge in [-0.05, 0) is 72.8 Å². The normalized spacial score (nSPS) is 56.4. The Hall–Kier alpha value is -1.65. The molecule has 162 valence electrons. The number of ether oxygens (including phenoxy) is 1. The fourth-order valence-corrected chi connectivity index (χ4v) is 11.3. The Kier molecular flexibility index (Phi) is 3.04. The minimum absolute atomic E-state index is 0.0823. The van der Waals surface area contributed by atoms with Gasteiger partial charge in [-0.1, -0.05) is 36.8 Å². The monoisotopic (exact) mass is 417 g/mol. The molecule has 1 N–H and O–H groups in total. The maximum absolute atomic E-state index is 12.8. The van der Waals surface area contributed by atoms with Gasteiger partial charge in [0.25, 0.3) is 0 Å². The van der Waals surface area contributed by atoms with E-state index in [0.717, 1.165) is 31.7 Å². The Bertz CT molecular complexity index is 1020. The number of carbonyl (C=O) groups excluding carboxylic acids is 1. The van der Waals surface area contributed by atoms with E-state index in [2.05, 4.69) is 11.5 Å². The summed E-state index contributed by atoms with van der Waals surface area (Å²) in [5, 5.41) is 11.6. The molecule has 1 aromatic carbocycles. The molecule has 9 aliphatic rings. The topological polar surface area (TPSA) is 49.8 Å². The van der Waals surface area contributed by atoms with Gasteiger partial charge in [-0.15, -0.1) is 0 Å². The summed E-state index contributed by atoms with van der Waals surface area (Å²) in [4.78, 5) is 15.6. The third-order valence-corrected chi connectivity index (χ3v) is 11.5. The van der Waals surface area contributed by atoms with E-state index in [0.29, 0.717) is 47.4 Å². The molecule has 9 bridgehead atoms. The van der Waals surface area contributed by atoms with E-state index in [9.17, 15) is 9.90 Å². The molecule has 10 rings (SSSR count). The molecule has 1 aromatic rings. The van der Waals surface area contributed by atoms with Gasteiger partial charge in [-0.3, -0.25) is 4.90 Å². The van der Waals surface area contributed by atoms with Crippen LogP contribution in [0, 0.1) is 39.9 Å². The number of nitrogens with zero attached hydrogens (tertiary/aromatic N) is 1. The maximum atomic E-state index is 12.8. The molecule has 4 heteroatoms. The number of esters is 1. The number of hydrogen-bond acceptors (Lipinski definition) is 4. The lowest BCUT2D eigenvalue weighted by molar-refractivity contribution is -0.180. The molecule has 4 nitrogen and oxygen atoms in total. The van der Waals surface area contributed by atoms with Gasteiger partial charge >= 0.3 is 5.97 Å². The van der Waals surface area contributed by atoms with Crippen molar-refractivity contribution in [2.45, 2.75) is 56.7 Å². The van der Waals surface area contributed by atoms with Gasteiger partial charge in [0.2, 0.25) is 0 Å². The number of aliphatic hydroxyl groups is 1. The summed E-state index contributed by atoms with van der Waals surface area (Å²) in [6.07, 6.45) is 7.01. The SMILES string of the molecule is C=C1CC23CC4C5C6(COC(=O)c7ccccc7)CCCC57C(C2CC1C(O)C37)N4C6. The number of hydrogen-bond donors (Lipinski definition) is 1. The van der Waals surface area contributed by atoms with Crippen molar-refractivity contribution < 1.29 is 14.6 Å². The lowest BCUT2D eigenvalue weighted by Crippen LogP contribution is -2.64. The zero-order chi connectivity index (χ0) is 20.8. The van der Waals surface area contributed by atoms with Crippen LogP contribution in [-0.2, 0) is 4.74 Å². The second-order valence-electron chi connectivity index (χ2n) is 12.1. The van der Waals surface area contributed by atoms with Crippen molar-refractivity contribution in [1.82, 2.24) is 4.90 Å². The summed E-state index contributed by atoms with van der Waals surface area (Å²) in [7, 11) is 0. The Morgan fingerprint density at radius 3 is 2.90 bits per heavy atom. The average molecular weight is 418 g/mol. The number of fused-ring (bicyclic) bond motifs is 1. The van der Waals surface area contributed by atoms with Crippen molar-refractivity contribution in [3.05, 3.63) is 48.0 Å². The van der Waals surface area contributed by atoms with Crippen LogP contribution >= 0.6 is 0 Å². The van der Waals surface area contributed by atoms with Crippen molar-refractivity contribution in [3.63, 3.8) is 0 Å². The van der Waals surface area contributed by atoms with Crippen LogP contribution in [0.1, 0.15) is 48.9 Å². The summed E-state index contributed by atoms with van der Waals surface area (Å²) in [6.45, 7) is 6.06. The molecule has 6 aliphatic carbocycles. The molecule has 9 fully saturated rings. The van der Waals surface area contributed by atoms with Crippen LogP contribution in [0.4, 0.5) is 0 Å². The molecule has 2 spiro atoms. The van der Waals surface area contributed by atoms with Gasteiger partial charge in [-0.2, -0.15) is 0 Å². The van der Waals surface area contributed by atoms with Gasteiger partial charge in [-0.25, -0.2) is 4.79 Å². The van der Waals surface area contributed by atoms with Crippen LogP contribution in [0.2, 0.25) is 0 Å². The van der Waals surface area contributed by atoms with Crippen LogP contribution in [0.3, 0.4) is 0 Å². The van der Waals surface area contributed by atoms with Crippen LogP contribution in [0.5, 0.6) is 0 Å². The maximum Gasteiger partial charge on any atom is 0.338 e. The quantitative estimate of drug-likeness (QED) is 0.602. The van der Waals surface area contributed by atoms with Crippen LogP contribution < -0.4 is 0 Å². The zero-order valence-electron chi connectivity index (χ0n) is 18.0. The van der Waals surface area contributed by atoms with E-state index in [-0.39, 0.29) is 22.9 Å². The fraction of sp³-hybridized carbons (Fsp3) is 0.667. The number of aliphatic hydroxyl groups excluding tert-OH is 1. The summed E-state index contributed by atoms with van der Waals surface area (Å²) in [6, 6.07) is 10.7. The van der Waals surface area contributed by atoms with E-state index in [1.807, 2.05) is 30.3 Å². The Morgan fingerprint density at radius 1 is 1.23 bits per heavy atom. The number of rotatable bonds is 3. The van der Waals surface area contributed by atoms with Crippen molar-refractivity contribution >= 4 is 5.97 Å². The fourth-order valence-electron chi connectivity index (χ4n) is 11.3. The van der Waals surface area contributed by atoms with Crippen LogP contribution in [-0.4, -0.2) is 47.3 Å². The second-order valence-corrected chi connectivity index (χ2v) is 12.1. The van der Waals surface area contributed by atoms with E-state index >= 15 is 0 Å². The minimum atomic E-state index is -0.202. The summed E-state index contributed by atoms with van der Waals surface area (Å²) in [5.74, 6) is 1.91. The van der Waals surface area contributed by atoms with Crippen LogP contribution in [0.15, 0.2) is 42.5 Å². The molecule has 0 aromatic heterocycles. The van der Waals surface area contributed by atoms with Gasteiger partial charge in [0, 0.05) is 30.0 Å². The van der Waals surface area contributed by atoms with Gasteiger partial charge in [0.15, 0.2) is 0 Å². The molecule has 3 heterocycles. The van der Waals surface area contributed by atoms with Crippen molar-refractivity contribution in [3.8, 4) is 0 Å². The number of benzene rings is 1. The highest BCUT2D eigenvalue weighted by molar-refractivity contribution is 5.89. The van der Waals surface area contributed by atoms with Crippen molar-refractivity contribution in [2.75, 3.05) is 13.2 Å². The first kappa shape index (κ1) is 17.9. The first-order valence-corrected chi connectivity index (χ1v) is 12.4. The Labute approximate surface area is 183 Å². The third kappa shape index (κ3) is 1.71. The first-order chi connectivity index (χ1) is 15.0. The van der Waals surface area contributed by atoms with Gasteiger partial charge in [0.05, 0.1) is 18.3 Å². The molecule has 11 atom stereocenters. The van der Waals surface area contributed by atoms with Crippen molar-refractivity contribution in [1.29, 1.82) is 0 Å². The third-order valence-electron chi connectivity index (χ3n) is 11.5. The second kappa shape index (κ2) is 5.28. The van der Waals surface area contributed by atoms with Gasteiger partial charge in [0.1, 0.15) is 0 Å². The molecular weight excluding hydrogens is 386 g/mol. The highest BCUT2D eigenvalue weighted by Gasteiger charge is 2.88. The molecule has 31 heavy (non-hydrogen) atoms. The lowest BCUT2D eigenvalue weighted by Gasteiger charge is -2.64. The highest BCUT2D eigenvalue weighted by atomic mass is 16.5. The van der Waals surface area contributed by atoms with Crippen LogP contribution in [0.25, 0.3) is 0 Å². The first-order valence-electron chi connectivity index (χ1n) is 12.4. The molecule has 11 unspecified atom stereocenters. The minimum Gasteiger partial charge on any atom is -0.461 e. The lowest BCUT2D eigenvalue weighted by atomic mass is 9.40. The predicted molar refractivity (Wildman–Crippen MR) is 115 cm³/mol. The van der Waals surface area contributed by atoms with E-state index < -0.39 is 0 Å². The molecule has 3 saturated heterocycles. The largest absolute Gasteiger partial charge is 0.461 e. The Morgan fingerprint density at radius 2 is 2.06 bits per heavy atom. The van der Waals surface area contributed by atoms with Gasteiger partial charge < -0.3 is 9.84 Å². The molecule has 6 saturated carbocycles. The highest BCUT2D eigenvalue weighted by Crippen LogP contribution is 2.87. The summed E-state index contributed by atoms with van der Waals surface area (Å²) < 4.78 is 6.03. The number of piperidine rings is 2. The average Bonchev–Trinajstić information content (AvgIpc) is 3.22. The summed E-state index contributed by atoms with van der Waals surface area (Å²) in [5.41, 5.74) is 2.62. The molecular formula is C27H31NO3. The smallest absolute Gasteiger partial charge is 0.338 e. The molecule has 3 aliphatic heterocycles. The predicted octanol–water partition coefficient (Wildman–Crippen LogP) is 3.66. The van der Waals surface area contributed by atoms with Crippen molar-refractivity contribution in [2.24, 2.45) is 39.9 Å². The standard InChI is InChI=1S/C27H31NO3/c1-15-11-26-12-19-21-25(14-31-24(30)16-6-3-2-4-7-16)8-5-9-27(21)22(26)20(29)17(15)10-18(26)23(27)28(19)13-25/h2-4,6-7,17-23,29H,1,5,8-14H2. The molecule has 0 radical (unpaired) electrons. The zero-order valence-corrected chi connectivity index (χ0v) is 18.0.